The Morgan fingerprint density at radius 3 is 2.62 bits per heavy atom. The highest BCUT2D eigenvalue weighted by atomic mass is 16.2. The van der Waals surface area contributed by atoms with Crippen LogP contribution in [-0.4, -0.2) is 48.3 Å². The summed E-state index contributed by atoms with van der Waals surface area (Å²) in [6.45, 7) is 0.643. The van der Waals surface area contributed by atoms with Crippen molar-refractivity contribution in [2.45, 2.75) is 31.3 Å². The molecule has 0 unspecified atom stereocenters. The Kier molecular flexibility index (Phi) is 4.96. The van der Waals surface area contributed by atoms with Crippen LogP contribution >= 0.6 is 0 Å². The van der Waals surface area contributed by atoms with Gasteiger partial charge in [0.05, 0.1) is 0 Å². The van der Waals surface area contributed by atoms with E-state index in [1.165, 1.54) is 0 Å². The summed E-state index contributed by atoms with van der Waals surface area (Å²) in [5, 5.41) is 0. The van der Waals surface area contributed by atoms with Crippen molar-refractivity contribution in [1.29, 1.82) is 0 Å². The molecule has 2 amide bonds. The molecule has 1 aliphatic rings. The number of likely N-dealkylation sites (tertiary alicyclic amines) is 1. The molecule has 1 saturated heterocycles. The highest BCUT2D eigenvalue weighted by Gasteiger charge is 2.35. The van der Waals surface area contributed by atoms with Crippen LogP contribution in [0.1, 0.15) is 30.9 Å². The molecule has 114 valence electrons. The number of carbonyl (C=O) groups excluding carboxylic acids is 2. The van der Waals surface area contributed by atoms with Crippen molar-refractivity contribution in [2.24, 2.45) is 5.73 Å². The van der Waals surface area contributed by atoms with E-state index in [9.17, 15) is 9.59 Å². The number of benzene rings is 1. The zero-order chi connectivity index (χ0) is 15.4. The molecule has 1 aromatic carbocycles. The number of hydrogen-bond donors (Lipinski definition) is 1. The van der Waals surface area contributed by atoms with Gasteiger partial charge in [-0.3, -0.25) is 9.59 Å². The fraction of sp³-hybridized carbons (Fsp3) is 0.500. The molecule has 0 bridgehead atoms. The molecule has 5 heteroatoms. The average Bonchev–Trinajstić information content (AvgIpc) is 2.96. The molecule has 1 aromatic rings. The number of nitrogens with two attached hydrogens (primary N) is 1. The molecular weight excluding hydrogens is 266 g/mol. The molecule has 0 aromatic heterocycles. The predicted octanol–water partition coefficient (Wildman–Crippen LogP) is 1.16. The second kappa shape index (κ2) is 6.72. The van der Waals surface area contributed by atoms with Gasteiger partial charge in [-0.15, -0.1) is 0 Å². The summed E-state index contributed by atoms with van der Waals surface area (Å²) in [6, 6.07) is 8.94. The second-order valence-electron chi connectivity index (χ2n) is 5.70. The number of likely N-dealkylation sites (N-methyl/N-ethyl adjacent to an activating group) is 1. The van der Waals surface area contributed by atoms with Crippen LogP contribution in [0.5, 0.6) is 0 Å². The fourth-order valence-corrected chi connectivity index (χ4v) is 2.74. The fourth-order valence-electron chi connectivity index (χ4n) is 2.74. The lowest BCUT2D eigenvalue weighted by atomic mass is 10.0. The maximum atomic E-state index is 12.4. The van der Waals surface area contributed by atoms with Gasteiger partial charge in [0.25, 0.3) is 0 Å². The van der Waals surface area contributed by atoms with Crippen molar-refractivity contribution >= 4 is 11.8 Å². The smallest absolute Gasteiger partial charge is 0.244 e. The zero-order valence-corrected chi connectivity index (χ0v) is 12.7. The van der Waals surface area contributed by atoms with Gasteiger partial charge in [0.1, 0.15) is 6.04 Å². The van der Waals surface area contributed by atoms with E-state index in [1.54, 1.807) is 23.9 Å². The molecular formula is C16H23N3O2. The average molecular weight is 289 g/mol. The van der Waals surface area contributed by atoms with Crippen LogP contribution in [0.25, 0.3) is 0 Å². The second-order valence-corrected chi connectivity index (χ2v) is 5.70. The van der Waals surface area contributed by atoms with Crippen LogP contribution in [0.4, 0.5) is 0 Å². The Hall–Kier alpha value is -1.88. The third-order valence-electron chi connectivity index (χ3n) is 3.92. The minimum absolute atomic E-state index is 0.00543. The molecule has 1 aliphatic heterocycles. The van der Waals surface area contributed by atoms with Gasteiger partial charge in [-0.2, -0.15) is 0 Å². The Morgan fingerprint density at radius 1 is 1.33 bits per heavy atom. The quantitative estimate of drug-likeness (QED) is 0.904. The van der Waals surface area contributed by atoms with Crippen LogP contribution in [0, 0.1) is 0 Å². The van der Waals surface area contributed by atoms with E-state index < -0.39 is 0 Å². The van der Waals surface area contributed by atoms with Gasteiger partial charge in [-0.1, -0.05) is 30.3 Å². The van der Waals surface area contributed by atoms with E-state index in [4.69, 9.17) is 5.73 Å². The molecule has 21 heavy (non-hydrogen) atoms. The van der Waals surface area contributed by atoms with E-state index in [1.807, 2.05) is 30.3 Å². The van der Waals surface area contributed by atoms with Crippen LogP contribution in [0.15, 0.2) is 30.3 Å². The van der Waals surface area contributed by atoms with Gasteiger partial charge in [0.2, 0.25) is 11.8 Å². The van der Waals surface area contributed by atoms with Crippen LogP contribution in [-0.2, 0) is 9.59 Å². The van der Waals surface area contributed by atoms with Crippen LogP contribution in [0.2, 0.25) is 0 Å². The molecule has 1 fully saturated rings. The lowest BCUT2D eigenvalue weighted by Crippen LogP contribution is -2.46. The Balaban J connectivity index is 2.01. The summed E-state index contributed by atoms with van der Waals surface area (Å²) >= 11 is 0. The normalized spacial score (nSPS) is 19.4. The van der Waals surface area contributed by atoms with Crippen molar-refractivity contribution < 1.29 is 9.59 Å². The molecule has 5 nitrogen and oxygen atoms in total. The molecule has 2 atom stereocenters. The Bertz CT molecular complexity index is 502. The number of amides is 2. The van der Waals surface area contributed by atoms with E-state index in [-0.39, 0.29) is 30.3 Å². The topological polar surface area (TPSA) is 66.6 Å². The number of rotatable bonds is 4. The van der Waals surface area contributed by atoms with Gasteiger partial charge >= 0.3 is 0 Å². The van der Waals surface area contributed by atoms with Gasteiger partial charge in [0, 0.05) is 33.1 Å². The van der Waals surface area contributed by atoms with Crippen LogP contribution in [0.3, 0.4) is 0 Å². The maximum absolute atomic E-state index is 12.4. The summed E-state index contributed by atoms with van der Waals surface area (Å²) in [4.78, 5) is 27.8. The lowest BCUT2D eigenvalue weighted by molar-refractivity contribution is -0.142. The van der Waals surface area contributed by atoms with Crippen molar-refractivity contribution in [3.05, 3.63) is 35.9 Å². The van der Waals surface area contributed by atoms with Gasteiger partial charge < -0.3 is 15.5 Å². The molecule has 0 spiro atoms. The SMILES string of the molecule is CN(C)C(=O)[C@H]1CCCN1C(=O)C[C@@H](N)c1ccccc1. The Labute approximate surface area is 125 Å². The predicted molar refractivity (Wildman–Crippen MR) is 81.4 cm³/mol. The third kappa shape index (κ3) is 3.61. The number of nitrogens with zero attached hydrogens (tertiary/aromatic N) is 2. The summed E-state index contributed by atoms with van der Waals surface area (Å²) in [7, 11) is 3.44. The van der Waals surface area contributed by atoms with Crippen LogP contribution < -0.4 is 5.73 Å². The molecule has 0 saturated carbocycles. The van der Waals surface area contributed by atoms with Crippen molar-refractivity contribution in [1.82, 2.24) is 9.80 Å². The Morgan fingerprint density at radius 2 is 2.00 bits per heavy atom. The van der Waals surface area contributed by atoms with E-state index in [0.717, 1.165) is 18.4 Å². The summed E-state index contributed by atoms with van der Waals surface area (Å²) in [6.07, 6.45) is 1.85. The zero-order valence-electron chi connectivity index (χ0n) is 12.7. The standard InChI is InChI=1S/C16H23N3O2/c1-18(2)16(21)14-9-6-10-19(14)15(20)11-13(17)12-7-4-3-5-8-12/h3-5,7-8,13-14H,6,9-11,17H2,1-2H3/t13-,14-/m1/s1. The van der Waals surface area contributed by atoms with Crippen molar-refractivity contribution in [2.75, 3.05) is 20.6 Å². The first-order valence-electron chi connectivity index (χ1n) is 7.32. The molecule has 2 rings (SSSR count). The highest BCUT2D eigenvalue weighted by Crippen LogP contribution is 2.22. The first-order valence-corrected chi connectivity index (χ1v) is 7.32. The van der Waals surface area contributed by atoms with Gasteiger partial charge in [-0.25, -0.2) is 0 Å². The van der Waals surface area contributed by atoms with Gasteiger partial charge in [0.15, 0.2) is 0 Å². The number of carbonyl (C=O) groups is 2. The molecule has 0 radical (unpaired) electrons. The van der Waals surface area contributed by atoms with E-state index >= 15 is 0 Å². The third-order valence-corrected chi connectivity index (χ3v) is 3.92. The van der Waals surface area contributed by atoms with Crippen molar-refractivity contribution in [3.63, 3.8) is 0 Å². The monoisotopic (exact) mass is 289 g/mol. The molecule has 2 N–H and O–H groups in total. The first-order chi connectivity index (χ1) is 10.0. The lowest BCUT2D eigenvalue weighted by Gasteiger charge is -2.27. The maximum Gasteiger partial charge on any atom is 0.244 e. The molecule has 1 heterocycles. The first kappa shape index (κ1) is 15.5. The van der Waals surface area contributed by atoms with Gasteiger partial charge in [-0.05, 0) is 18.4 Å². The molecule has 0 aliphatic carbocycles. The summed E-state index contributed by atoms with van der Waals surface area (Å²) < 4.78 is 0. The largest absolute Gasteiger partial charge is 0.347 e. The minimum Gasteiger partial charge on any atom is -0.347 e. The summed E-state index contributed by atoms with van der Waals surface area (Å²) in [5.41, 5.74) is 7.05. The van der Waals surface area contributed by atoms with Crippen molar-refractivity contribution in [3.8, 4) is 0 Å². The summed E-state index contributed by atoms with van der Waals surface area (Å²) in [5.74, 6) is -0.0433. The minimum atomic E-state index is -0.325. The highest BCUT2D eigenvalue weighted by molar-refractivity contribution is 5.88. The van der Waals surface area contributed by atoms with E-state index in [0.29, 0.717) is 6.54 Å². The van der Waals surface area contributed by atoms with E-state index in [2.05, 4.69) is 0 Å². The number of hydrogen-bond acceptors (Lipinski definition) is 3.